The first-order chi connectivity index (χ1) is 13.0. The number of benzene rings is 1. The van der Waals surface area contributed by atoms with E-state index in [1.807, 2.05) is 0 Å². The summed E-state index contributed by atoms with van der Waals surface area (Å²) in [5.74, 6) is -0.355. The summed E-state index contributed by atoms with van der Waals surface area (Å²) in [5.41, 5.74) is 0.784. The van der Waals surface area contributed by atoms with Crippen molar-refractivity contribution in [3.05, 3.63) is 35.4 Å². The van der Waals surface area contributed by atoms with Gasteiger partial charge in [0.1, 0.15) is 0 Å². The predicted octanol–water partition coefficient (Wildman–Crippen LogP) is 3.07. The Kier molecular flexibility index (Phi) is 7.19. The van der Waals surface area contributed by atoms with Crippen LogP contribution in [0.2, 0.25) is 0 Å². The van der Waals surface area contributed by atoms with Crippen molar-refractivity contribution in [3.8, 4) is 0 Å². The maximum Gasteiger partial charge on any atom is 0.220 e. The van der Waals surface area contributed by atoms with Crippen LogP contribution < -0.4 is 10.6 Å². The van der Waals surface area contributed by atoms with Gasteiger partial charge in [-0.2, -0.15) is 0 Å². The summed E-state index contributed by atoms with van der Waals surface area (Å²) in [6.07, 6.45) is 4.74. The van der Waals surface area contributed by atoms with E-state index in [1.54, 1.807) is 6.07 Å². The fourth-order valence-corrected chi connectivity index (χ4v) is 4.29. The van der Waals surface area contributed by atoms with E-state index in [9.17, 15) is 13.6 Å². The second-order valence-electron chi connectivity index (χ2n) is 8.14. The van der Waals surface area contributed by atoms with E-state index >= 15 is 0 Å². The third-order valence-electron chi connectivity index (χ3n) is 6.04. The summed E-state index contributed by atoms with van der Waals surface area (Å²) < 4.78 is 26.4. The van der Waals surface area contributed by atoms with Gasteiger partial charge < -0.3 is 10.6 Å². The van der Waals surface area contributed by atoms with Crippen LogP contribution in [-0.2, 0) is 11.3 Å². The molecule has 2 heterocycles. The number of amides is 1. The molecule has 27 heavy (non-hydrogen) atoms. The molecule has 2 saturated heterocycles. The molecule has 1 aromatic rings. The lowest BCUT2D eigenvalue weighted by Gasteiger charge is -2.33. The van der Waals surface area contributed by atoms with Crippen molar-refractivity contribution in [2.24, 2.45) is 11.8 Å². The fourth-order valence-electron chi connectivity index (χ4n) is 4.29. The minimum atomic E-state index is -0.807. The van der Waals surface area contributed by atoms with Crippen molar-refractivity contribution in [2.75, 3.05) is 26.2 Å². The van der Waals surface area contributed by atoms with Crippen LogP contribution in [-0.4, -0.2) is 43.0 Å². The first-order valence-corrected chi connectivity index (χ1v) is 10.2. The second-order valence-corrected chi connectivity index (χ2v) is 8.14. The maximum absolute atomic E-state index is 13.3. The topological polar surface area (TPSA) is 44.4 Å². The van der Waals surface area contributed by atoms with E-state index < -0.39 is 11.6 Å². The van der Waals surface area contributed by atoms with Gasteiger partial charge in [-0.25, -0.2) is 8.78 Å². The Morgan fingerprint density at radius 2 is 1.89 bits per heavy atom. The Hall–Kier alpha value is -1.53. The molecule has 2 N–H and O–H groups in total. The van der Waals surface area contributed by atoms with E-state index in [4.69, 9.17) is 0 Å². The van der Waals surface area contributed by atoms with Crippen LogP contribution in [0.5, 0.6) is 0 Å². The summed E-state index contributed by atoms with van der Waals surface area (Å²) in [6.45, 7) is 6.65. The number of carbonyl (C=O) groups excluding carboxylic acids is 1. The molecule has 2 fully saturated rings. The SMILES string of the molecule is CC(CC(=O)NC1CCN(Cc2ccc(F)c(F)c2)CC1)C1CCNCC1. The van der Waals surface area contributed by atoms with E-state index in [2.05, 4.69) is 22.5 Å². The van der Waals surface area contributed by atoms with Crippen LogP contribution in [0.25, 0.3) is 0 Å². The Morgan fingerprint density at radius 1 is 1.19 bits per heavy atom. The molecule has 2 aliphatic heterocycles. The van der Waals surface area contributed by atoms with Gasteiger partial charge in [-0.3, -0.25) is 9.69 Å². The number of hydrogen-bond acceptors (Lipinski definition) is 3. The molecule has 0 spiro atoms. The number of likely N-dealkylation sites (tertiary alicyclic amines) is 1. The second kappa shape index (κ2) is 9.60. The highest BCUT2D eigenvalue weighted by Crippen LogP contribution is 2.24. The first kappa shape index (κ1) is 20.2. The highest BCUT2D eigenvalue weighted by molar-refractivity contribution is 5.76. The molecule has 1 unspecified atom stereocenters. The van der Waals surface area contributed by atoms with Gasteiger partial charge in [0, 0.05) is 32.1 Å². The standard InChI is InChI=1S/C21H31F2N3O/c1-15(17-4-8-24-9-5-17)12-21(27)25-18-6-10-26(11-7-18)14-16-2-3-19(22)20(23)13-16/h2-3,13,15,17-18,24H,4-12,14H2,1H3,(H,25,27). The van der Waals surface area contributed by atoms with Crippen LogP contribution in [0.1, 0.15) is 44.6 Å². The van der Waals surface area contributed by atoms with Crippen LogP contribution in [0.3, 0.4) is 0 Å². The van der Waals surface area contributed by atoms with E-state index in [0.29, 0.717) is 24.8 Å². The van der Waals surface area contributed by atoms with Crippen LogP contribution >= 0.6 is 0 Å². The number of carbonyl (C=O) groups is 1. The van der Waals surface area contributed by atoms with Gasteiger partial charge in [-0.15, -0.1) is 0 Å². The molecule has 0 saturated carbocycles. The quantitative estimate of drug-likeness (QED) is 0.798. The number of halogens is 2. The van der Waals surface area contributed by atoms with Gasteiger partial charge in [-0.1, -0.05) is 13.0 Å². The van der Waals surface area contributed by atoms with Gasteiger partial charge >= 0.3 is 0 Å². The maximum atomic E-state index is 13.3. The lowest BCUT2D eigenvalue weighted by atomic mass is 9.84. The zero-order valence-electron chi connectivity index (χ0n) is 16.1. The number of nitrogens with zero attached hydrogens (tertiary/aromatic N) is 1. The molecule has 0 radical (unpaired) electrons. The Balaban J connectivity index is 1.38. The highest BCUT2D eigenvalue weighted by atomic mass is 19.2. The van der Waals surface area contributed by atoms with Gasteiger partial charge in [0.2, 0.25) is 5.91 Å². The highest BCUT2D eigenvalue weighted by Gasteiger charge is 2.25. The average Bonchev–Trinajstić information content (AvgIpc) is 2.67. The molecule has 1 aromatic carbocycles. The van der Waals surface area contributed by atoms with Crippen molar-refractivity contribution in [2.45, 2.75) is 51.6 Å². The third-order valence-corrected chi connectivity index (χ3v) is 6.04. The zero-order chi connectivity index (χ0) is 19.2. The first-order valence-electron chi connectivity index (χ1n) is 10.2. The molecule has 0 aliphatic carbocycles. The molecule has 0 bridgehead atoms. The minimum Gasteiger partial charge on any atom is -0.353 e. The van der Waals surface area contributed by atoms with E-state index in [1.165, 1.54) is 12.1 Å². The van der Waals surface area contributed by atoms with Crippen molar-refractivity contribution in [1.82, 2.24) is 15.5 Å². The molecule has 1 atom stereocenters. The Labute approximate surface area is 160 Å². The largest absolute Gasteiger partial charge is 0.353 e. The van der Waals surface area contributed by atoms with E-state index in [-0.39, 0.29) is 11.9 Å². The Bertz CT molecular complexity index is 626. The summed E-state index contributed by atoms with van der Waals surface area (Å²) >= 11 is 0. The molecule has 3 rings (SSSR count). The van der Waals surface area contributed by atoms with E-state index in [0.717, 1.165) is 57.4 Å². The molecule has 4 nitrogen and oxygen atoms in total. The van der Waals surface area contributed by atoms with Gasteiger partial charge in [0.25, 0.3) is 0 Å². The van der Waals surface area contributed by atoms with Crippen molar-refractivity contribution in [3.63, 3.8) is 0 Å². The number of rotatable bonds is 6. The van der Waals surface area contributed by atoms with Crippen molar-refractivity contribution >= 4 is 5.91 Å². The predicted molar refractivity (Wildman–Crippen MR) is 102 cm³/mol. The van der Waals surface area contributed by atoms with Gasteiger partial charge in [0.05, 0.1) is 0 Å². The summed E-state index contributed by atoms with van der Waals surface area (Å²) in [7, 11) is 0. The number of nitrogens with one attached hydrogen (secondary N) is 2. The third kappa shape index (κ3) is 5.98. The molecule has 0 aromatic heterocycles. The molecule has 2 aliphatic rings. The molecule has 150 valence electrons. The van der Waals surface area contributed by atoms with Crippen LogP contribution in [0.15, 0.2) is 18.2 Å². The minimum absolute atomic E-state index is 0.167. The lowest BCUT2D eigenvalue weighted by Crippen LogP contribution is -2.45. The Morgan fingerprint density at radius 3 is 2.56 bits per heavy atom. The van der Waals surface area contributed by atoms with Gasteiger partial charge in [0.15, 0.2) is 11.6 Å². The molecule has 6 heteroatoms. The average molecular weight is 379 g/mol. The van der Waals surface area contributed by atoms with Crippen molar-refractivity contribution < 1.29 is 13.6 Å². The molecular weight excluding hydrogens is 348 g/mol. The molecular formula is C21H31F2N3O. The zero-order valence-corrected chi connectivity index (χ0v) is 16.1. The molecule has 1 amide bonds. The van der Waals surface area contributed by atoms with Crippen molar-refractivity contribution in [1.29, 1.82) is 0 Å². The number of piperidine rings is 2. The fraction of sp³-hybridized carbons (Fsp3) is 0.667. The van der Waals surface area contributed by atoms with Gasteiger partial charge in [-0.05, 0) is 68.3 Å². The summed E-state index contributed by atoms with van der Waals surface area (Å²) in [5, 5.41) is 6.57. The monoisotopic (exact) mass is 379 g/mol. The smallest absolute Gasteiger partial charge is 0.220 e. The normalized spacial score (nSPS) is 21.1. The number of hydrogen-bond donors (Lipinski definition) is 2. The lowest BCUT2D eigenvalue weighted by molar-refractivity contribution is -0.123. The van der Waals surface area contributed by atoms with Crippen LogP contribution in [0, 0.1) is 23.5 Å². The van der Waals surface area contributed by atoms with Crippen LogP contribution in [0.4, 0.5) is 8.78 Å². The summed E-state index contributed by atoms with van der Waals surface area (Å²) in [4.78, 5) is 14.6. The summed E-state index contributed by atoms with van der Waals surface area (Å²) in [6, 6.07) is 4.31.